The molecule has 3 heteroatoms. The minimum absolute atomic E-state index is 0.0819. The Labute approximate surface area is 121 Å². The van der Waals surface area contributed by atoms with Gasteiger partial charge in [-0.1, -0.05) is 31.4 Å². The molecular formula is C17H25NO2. The third-order valence-corrected chi connectivity index (χ3v) is 4.12. The van der Waals surface area contributed by atoms with E-state index in [0.717, 1.165) is 24.2 Å². The van der Waals surface area contributed by atoms with E-state index in [9.17, 15) is 4.79 Å². The quantitative estimate of drug-likeness (QED) is 0.841. The molecular weight excluding hydrogens is 250 g/mol. The van der Waals surface area contributed by atoms with Crippen molar-refractivity contribution in [2.45, 2.75) is 58.1 Å². The molecule has 1 amide bonds. The van der Waals surface area contributed by atoms with E-state index in [1.807, 2.05) is 50.1 Å². The number of carbonyl (C=O) groups excluding carboxylic acids is 1. The van der Waals surface area contributed by atoms with Crippen LogP contribution in [0, 0.1) is 6.92 Å². The molecule has 1 atom stereocenters. The lowest BCUT2D eigenvalue weighted by Crippen LogP contribution is -2.44. The molecule has 1 saturated carbocycles. The summed E-state index contributed by atoms with van der Waals surface area (Å²) in [5.41, 5.74) is 1.14. The van der Waals surface area contributed by atoms with E-state index >= 15 is 0 Å². The van der Waals surface area contributed by atoms with Crippen LogP contribution < -0.4 is 4.74 Å². The van der Waals surface area contributed by atoms with Gasteiger partial charge in [-0.2, -0.15) is 0 Å². The third-order valence-electron chi connectivity index (χ3n) is 4.12. The molecule has 110 valence electrons. The standard InChI is InChI=1S/C17H25NO2/c1-13-8-7-11-16(12-13)20-14(2)17(19)18(3)15-9-5-4-6-10-15/h7-8,11-12,14-15H,4-6,9-10H2,1-3H3. The predicted molar refractivity (Wildman–Crippen MR) is 80.9 cm³/mol. The van der Waals surface area contributed by atoms with E-state index in [0.29, 0.717) is 6.04 Å². The van der Waals surface area contributed by atoms with Gasteiger partial charge in [0, 0.05) is 13.1 Å². The van der Waals surface area contributed by atoms with Crippen LogP contribution in [-0.4, -0.2) is 30.0 Å². The zero-order chi connectivity index (χ0) is 14.5. The van der Waals surface area contributed by atoms with Gasteiger partial charge in [-0.15, -0.1) is 0 Å². The fourth-order valence-electron chi connectivity index (χ4n) is 2.88. The first kappa shape index (κ1) is 14.9. The Bertz CT molecular complexity index is 452. The number of hydrogen-bond donors (Lipinski definition) is 0. The summed E-state index contributed by atoms with van der Waals surface area (Å²) in [6.45, 7) is 3.86. The Balaban J connectivity index is 1.93. The molecule has 3 nitrogen and oxygen atoms in total. The summed E-state index contributed by atoms with van der Waals surface area (Å²) in [5, 5.41) is 0. The van der Waals surface area contributed by atoms with Crippen LogP contribution in [0.2, 0.25) is 0 Å². The SMILES string of the molecule is Cc1cccc(OC(C)C(=O)N(C)C2CCCCC2)c1. The maximum atomic E-state index is 12.4. The number of ether oxygens (including phenoxy) is 1. The first-order chi connectivity index (χ1) is 9.58. The third kappa shape index (κ3) is 3.75. The van der Waals surface area contributed by atoms with Crippen LogP contribution >= 0.6 is 0 Å². The zero-order valence-electron chi connectivity index (χ0n) is 12.8. The van der Waals surface area contributed by atoms with Crippen molar-refractivity contribution < 1.29 is 9.53 Å². The second kappa shape index (κ2) is 6.78. The molecule has 0 N–H and O–H groups in total. The molecule has 1 fully saturated rings. The molecule has 0 bridgehead atoms. The lowest BCUT2D eigenvalue weighted by Gasteiger charge is -2.32. The van der Waals surface area contributed by atoms with Gasteiger partial charge in [0.2, 0.25) is 0 Å². The van der Waals surface area contributed by atoms with Crippen LogP contribution in [0.5, 0.6) is 5.75 Å². The molecule has 1 aliphatic rings. The van der Waals surface area contributed by atoms with Crippen LogP contribution in [0.1, 0.15) is 44.6 Å². The first-order valence-corrected chi connectivity index (χ1v) is 7.58. The van der Waals surface area contributed by atoms with E-state index in [1.165, 1.54) is 19.3 Å². The Morgan fingerprint density at radius 3 is 2.65 bits per heavy atom. The predicted octanol–water partition coefficient (Wildman–Crippen LogP) is 3.55. The Kier molecular flexibility index (Phi) is 5.05. The minimum atomic E-state index is -0.427. The van der Waals surface area contributed by atoms with Gasteiger partial charge in [0.25, 0.3) is 5.91 Å². The Morgan fingerprint density at radius 1 is 1.30 bits per heavy atom. The van der Waals surface area contributed by atoms with Crippen LogP contribution in [0.15, 0.2) is 24.3 Å². The molecule has 0 spiro atoms. The van der Waals surface area contributed by atoms with Gasteiger partial charge in [0.15, 0.2) is 6.10 Å². The van der Waals surface area contributed by atoms with E-state index < -0.39 is 6.10 Å². The van der Waals surface area contributed by atoms with Crippen molar-refractivity contribution in [1.82, 2.24) is 4.90 Å². The average molecular weight is 275 g/mol. The number of likely N-dealkylation sites (N-methyl/N-ethyl adjacent to an activating group) is 1. The second-order valence-corrected chi connectivity index (χ2v) is 5.82. The highest BCUT2D eigenvalue weighted by Crippen LogP contribution is 2.23. The normalized spacial score (nSPS) is 17.6. The van der Waals surface area contributed by atoms with Crippen molar-refractivity contribution in [3.05, 3.63) is 29.8 Å². The number of carbonyl (C=O) groups is 1. The number of hydrogen-bond acceptors (Lipinski definition) is 2. The summed E-state index contributed by atoms with van der Waals surface area (Å²) in [6.07, 6.45) is 5.58. The molecule has 1 aliphatic carbocycles. The molecule has 0 heterocycles. The van der Waals surface area contributed by atoms with Gasteiger partial charge in [0.1, 0.15) is 5.75 Å². The maximum Gasteiger partial charge on any atom is 0.263 e. The largest absolute Gasteiger partial charge is 0.481 e. The summed E-state index contributed by atoms with van der Waals surface area (Å²) < 4.78 is 5.78. The second-order valence-electron chi connectivity index (χ2n) is 5.82. The van der Waals surface area contributed by atoms with Crippen molar-refractivity contribution in [1.29, 1.82) is 0 Å². The highest BCUT2D eigenvalue weighted by atomic mass is 16.5. The van der Waals surface area contributed by atoms with Gasteiger partial charge < -0.3 is 9.64 Å². The van der Waals surface area contributed by atoms with Crippen LogP contribution in [0.25, 0.3) is 0 Å². The summed E-state index contributed by atoms with van der Waals surface area (Å²) in [6, 6.07) is 8.22. The van der Waals surface area contributed by atoms with E-state index in [1.54, 1.807) is 0 Å². The van der Waals surface area contributed by atoms with Gasteiger partial charge in [-0.3, -0.25) is 4.79 Å². The number of nitrogens with zero attached hydrogens (tertiary/aromatic N) is 1. The fraction of sp³-hybridized carbons (Fsp3) is 0.588. The number of benzene rings is 1. The maximum absolute atomic E-state index is 12.4. The van der Waals surface area contributed by atoms with Gasteiger partial charge in [-0.25, -0.2) is 0 Å². The highest BCUT2D eigenvalue weighted by molar-refractivity contribution is 5.81. The lowest BCUT2D eigenvalue weighted by atomic mass is 9.94. The van der Waals surface area contributed by atoms with E-state index in [4.69, 9.17) is 4.74 Å². The molecule has 20 heavy (non-hydrogen) atoms. The molecule has 0 aliphatic heterocycles. The Hall–Kier alpha value is -1.51. The van der Waals surface area contributed by atoms with Crippen molar-refractivity contribution >= 4 is 5.91 Å². The summed E-state index contributed by atoms with van der Waals surface area (Å²) in [5.74, 6) is 0.848. The van der Waals surface area contributed by atoms with Crippen LogP contribution in [0.3, 0.4) is 0 Å². The molecule has 1 unspecified atom stereocenters. The fourth-order valence-corrected chi connectivity index (χ4v) is 2.88. The molecule has 2 rings (SSSR count). The molecule has 0 radical (unpaired) electrons. The van der Waals surface area contributed by atoms with E-state index in [-0.39, 0.29) is 5.91 Å². The zero-order valence-corrected chi connectivity index (χ0v) is 12.8. The van der Waals surface area contributed by atoms with Gasteiger partial charge in [-0.05, 0) is 44.4 Å². The van der Waals surface area contributed by atoms with Crippen molar-refractivity contribution in [3.8, 4) is 5.75 Å². The number of aryl methyl sites for hydroxylation is 1. The number of rotatable bonds is 4. The average Bonchev–Trinajstić information content (AvgIpc) is 2.46. The van der Waals surface area contributed by atoms with E-state index in [2.05, 4.69) is 0 Å². The van der Waals surface area contributed by atoms with Crippen molar-refractivity contribution in [3.63, 3.8) is 0 Å². The lowest BCUT2D eigenvalue weighted by molar-refractivity contribution is -0.139. The smallest absolute Gasteiger partial charge is 0.263 e. The molecule has 1 aromatic carbocycles. The first-order valence-electron chi connectivity index (χ1n) is 7.58. The molecule has 1 aromatic rings. The van der Waals surface area contributed by atoms with Crippen molar-refractivity contribution in [2.75, 3.05) is 7.05 Å². The van der Waals surface area contributed by atoms with Gasteiger partial charge >= 0.3 is 0 Å². The minimum Gasteiger partial charge on any atom is -0.481 e. The topological polar surface area (TPSA) is 29.5 Å². The van der Waals surface area contributed by atoms with Gasteiger partial charge in [0.05, 0.1) is 0 Å². The summed E-state index contributed by atoms with van der Waals surface area (Å²) in [4.78, 5) is 14.3. The van der Waals surface area contributed by atoms with Crippen LogP contribution in [0.4, 0.5) is 0 Å². The number of amides is 1. The molecule has 0 saturated heterocycles. The monoisotopic (exact) mass is 275 g/mol. The highest BCUT2D eigenvalue weighted by Gasteiger charge is 2.26. The van der Waals surface area contributed by atoms with Crippen molar-refractivity contribution in [2.24, 2.45) is 0 Å². The summed E-state index contributed by atoms with van der Waals surface area (Å²) in [7, 11) is 1.91. The summed E-state index contributed by atoms with van der Waals surface area (Å²) >= 11 is 0. The van der Waals surface area contributed by atoms with Crippen LogP contribution in [-0.2, 0) is 4.79 Å². The molecule has 0 aromatic heterocycles. The Morgan fingerprint density at radius 2 is 2.00 bits per heavy atom.